The molecule has 8 heteroatoms. The number of carboxylic acid groups (broad SMARTS) is 1. The quantitative estimate of drug-likeness (QED) is 0.343. The number of nitriles is 2. The Morgan fingerprint density at radius 3 is 2.40 bits per heavy atom. The highest BCUT2D eigenvalue weighted by Gasteiger charge is 2.26. The van der Waals surface area contributed by atoms with Crippen molar-refractivity contribution in [2.45, 2.75) is 64.1 Å². The zero-order chi connectivity index (χ0) is 29.0. The van der Waals surface area contributed by atoms with Gasteiger partial charge in [0, 0.05) is 17.5 Å². The van der Waals surface area contributed by atoms with E-state index < -0.39 is 24.6 Å². The molecule has 2 atom stereocenters. The number of aliphatic carboxylic acids is 1. The SMILES string of the molecule is CC(C)c1nc2c(c(-c3ccc(F)cc3)c1C=C[C@@H](O)C[C@@H](O)CC(=O)O)CCCc1cc(C#N)c(C#N)cc1-2. The first-order valence-electron chi connectivity index (χ1n) is 13.2. The minimum absolute atomic E-state index is 0.0561. The molecule has 40 heavy (non-hydrogen) atoms. The lowest BCUT2D eigenvalue weighted by Gasteiger charge is -2.22. The van der Waals surface area contributed by atoms with Gasteiger partial charge in [0.25, 0.3) is 0 Å². The number of aromatic nitrogens is 1. The molecule has 3 aromatic rings. The average Bonchev–Trinajstić information content (AvgIpc) is 3.08. The van der Waals surface area contributed by atoms with Crippen molar-refractivity contribution in [1.29, 1.82) is 10.5 Å². The highest BCUT2D eigenvalue weighted by atomic mass is 19.1. The first kappa shape index (κ1) is 28.6. The second kappa shape index (κ2) is 12.2. The molecular formula is C32H30FN3O4. The average molecular weight is 540 g/mol. The summed E-state index contributed by atoms with van der Waals surface area (Å²) in [5, 5.41) is 48.8. The van der Waals surface area contributed by atoms with Gasteiger partial charge in [0.15, 0.2) is 0 Å². The summed E-state index contributed by atoms with van der Waals surface area (Å²) in [4.78, 5) is 16.0. The van der Waals surface area contributed by atoms with Gasteiger partial charge in [-0.1, -0.05) is 38.1 Å². The first-order valence-corrected chi connectivity index (χ1v) is 13.2. The largest absolute Gasteiger partial charge is 0.481 e. The minimum atomic E-state index is -1.20. The second-order valence-electron chi connectivity index (χ2n) is 10.3. The Balaban J connectivity index is 1.97. The van der Waals surface area contributed by atoms with E-state index >= 15 is 0 Å². The molecule has 0 spiro atoms. The number of carboxylic acids is 1. The Morgan fingerprint density at radius 1 is 1.10 bits per heavy atom. The Hall–Kier alpha value is -4.37. The number of aliphatic hydroxyl groups excluding tert-OH is 2. The fourth-order valence-corrected chi connectivity index (χ4v) is 5.24. The third-order valence-corrected chi connectivity index (χ3v) is 7.07. The van der Waals surface area contributed by atoms with Crippen LogP contribution >= 0.6 is 0 Å². The van der Waals surface area contributed by atoms with Crippen LogP contribution < -0.4 is 0 Å². The molecule has 0 fully saturated rings. The van der Waals surface area contributed by atoms with E-state index in [1.165, 1.54) is 18.2 Å². The van der Waals surface area contributed by atoms with E-state index in [0.29, 0.717) is 24.1 Å². The molecule has 7 nitrogen and oxygen atoms in total. The molecule has 204 valence electrons. The van der Waals surface area contributed by atoms with Gasteiger partial charge in [0.2, 0.25) is 0 Å². The highest BCUT2D eigenvalue weighted by Crippen LogP contribution is 2.42. The maximum atomic E-state index is 14.0. The van der Waals surface area contributed by atoms with Crippen molar-refractivity contribution in [2.24, 2.45) is 0 Å². The highest BCUT2D eigenvalue weighted by molar-refractivity contribution is 5.86. The number of pyridine rings is 1. The minimum Gasteiger partial charge on any atom is -0.481 e. The fraction of sp³-hybridized carbons (Fsp3) is 0.312. The third-order valence-electron chi connectivity index (χ3n) is 7.07. The maximum Gasteiger partial charge on any atom is 0.305 e. The topological polar surface area (TPSA) is 138 Å². The number of aryl methyl sites for hydroxylation is 1. The van der Waals surface area contributed by atoms with E-state index in [0.717, 1.165) is 45.5 Å². The summed E-state index contributed by atoms with van der Waals surface area (Å²) in [5.41, 5.74) is 7.03. The van der Waals surface area contributed by atoms with Crippen LogP contribution in [-0.2, 0) is 17.6 Å². The number of nitrogens with zero attached hydrogens (tertiary/aromatic N) is 3. The van der Waals surface area contributed by atoms with Gasteiger partial charge in [-0.05, 0) is 71.7 Å². The van der Waals surface area contributed by atoms with Crippen LogP contribution in [0.25, 0.3) is 28.5 Å². The van der Waals surface area contributed by atoms with E-state index in [1.54, 1.807) is 30.3 Å². The number of hydrogen-bond donors (Lipinski definition) is 3. The molecule has 0 saturated carbocycles. The molecule has 1 aliphatic carbocycles. The molecule has 0 aliphatic heterocycles. The van der Waals surface area contributed by atoms with Crippen molar-refractivity contribution in [1.82, 2.24) is 4.98 Å². The summed E-state index contributed by atoms with van der Waals surface area (Å²) in [6.45, 7) is 3.98. The second-order valence-corrected chi connectivity index (χ2v) is 10.3. The Kier molecular flexibility index (Phi) is 8.74. The summed E-state index contributed by atoms with van der Waals surface area (Å²) in [7, 11) is 0. The smallest absolute Gasteiger partial charge is 0.305 e. The van der Waals surface area contributed by atoms with E-state index in [-0.39, 0.29) is 23.7 Å². The van der Waals surface area contributed by atoms with Crippen LogP contribution in [0.5, 0.6) is 0 Å². The number of aliphatic hydroxyl groups is 2. The summed E-state index contributed by atoms with van der Waals surface area (Å²) >= 11 is 0. The molecule has 1 aromatic heterocycles. The summed E-state index contributed by atoms with van der Waals surface area (Å²) < 4.78 is 14.0. The number of benzene rings is 2. The van der Waals surface area contributed by atoms with Gasteiger partial charge >= 0.3 is 5.97 Å². The summed E-state index contributed by atoms with van der Waals surface area (Å²) in [6, 6.07) is 13.9. The normalized spacial score (nSPS) is 14.1. The van der Waals surface area contributed by atoms with Gasteiger partial charge in [-0.3, -0.25) is 9.78 Å². The predicted molar refractivity (Wildman–Crippen MR) is 149 cm³/mol. The van der Waals surface area contributed by atoms with Crippen molar-refractivity contribution < 1.29 is 24.5 Å². The van der Waals surface area contributed by atoms with Crippen molar-refractivity contribution in [3.63, 3.8) is 0 Å². The molecule has 1 aliphatic rings. The predicted octanol–water partition coefficient (Wildman–Crippen LogP) is 5.51. The van der Waals surface area contributed by atoms with E-state index in [2.05, 4.69) is 12.1 Å². The lowest BCUT2D eigenvalue weighted by atomic mass is 9.86. The van der Waals surface area contributed by atoms with Gasteiger partial charge in [0.1, 0.15) is 18.0 Å². The van der Waals surface area contributed by atoms with Crippen molar-refractivity contribution in [2.75, 3.05) is 0 Å². The lowest BCUT2D eigenvalue weighted by molar-refractivity contribution is -0.139. The van der Waals surface area contributed by atoms with Crippen LogP contribution in [0.3, 0.4) is 0 Å². The van der Waals surface area contributed by atoms with Crippen molar-refractivity contribution >= 4 is 12.0 Å². The van der Waals surface area contributed by atoms with Crippen LogP contribution in [0.4, 0.5) is 4.39 Å². The van der Waals surface area contributed by atoms with Gasteiger partial charge in [-0.25, -0.2) is 4.39 Å². The number of carbonyl (C=O) groups is 1. The number of hydrogen-bond acceptors (Lipinski definition) is 6. The van der Waals surface area contributed by atoms with Crippen molar-refractivity contribution in [3.05, 3.63) is 81.8 Å². The van der Waals surface area contributed by atoms with Gasteiger partial charge < -0.3 is 15.3 Å². The molecule has 0 bridgehead atoms. The van der Waals surface area contributed by atoms with Gasteiger partial charge in [-0.2, -0.15) is 10.5 Å². The molecule has 0 saturated heterocycles. The van der Waals surface area contributed by atoms with Gasteiger partial charge in [-0.15, -0.1) is 0 Å². The number of rotatable bonds is 8. The van der Waals surface area contributed by atoms with Crippen LogP contribution in [0.2, 0.25) is 0 Å². The van der Waals surface area contributed by atoms with E-state index in [1.807, 2.05) is 13.8 Å². The fourth-order valence-electron chi connectivity index (χ4n) is 5.24. The van der Waals surface area contributed by atoms with Gasteiger partial charge in [0.05, 0.1) is 41.1 Å². The van der Waals surface area contributed by atoms with Crippen molar-refractivity contribution in [3.8, 4) is 34.5 Å². The van der Waals surface area contributed by atoms with Crippen LogP contribution in [0, 0.1) is 28.5 Å². The molecule has 0 unspecified atom stereocenters. The zero-order valence-electron chi connectivity index (χ0n) is 22.4. The molecule has 0 radical (unpaired) electrons. The number of fused-ring (bicyclic) bond motifs is 3. The molecule has 0 amide bonds. The monoisotopic (exact) mass is 539 g/mol. The first-order chi connectivity index (χ1) is 19.1. The Morgan fingerprint density at radius 2 is 1.77 bits per heavy atom. The lowest BCUT2D eigenvalue weighted by Crippen LogP contribution is -2.19. The summed E-state index contributed by atoms with van der Waals surface area (Å²) in [5.74, 6) is -1.58. The standard InChI is InChI=1S/C32H30FN3O4/c1-18(2)31-27(11-10-24(37)14-25(38)15-29(39)40)30(19-6-8-23(33)9-7-19)26-5-3-4-20-12-21(16-34)22(17-35)13-28(20)32(26)36-31/h6-13,18,24-25,37-38H,3-5,14-15H2,1-2H3,(H,39,40)/t24-,25-/m1/s1. The molecule has 3 N–H and O–H groups in total. The Bertz CT molecular complexity index is 1550. The van der Waals surface area contributed by atoms with Crippen LogP contribution in [0.1, 0.15) is 72.5 Å². The van der Waals surface area contributed by atoms with Crippen LogP contribution in [0.15, 0.2) is 42.5 Å². The summed E-state index contributed by atoms with van der Waals surface area (Å²) in [6.07, 6.45) is 2.45. The maximum absolute atomic E-state index is 14.0. The van der Waals surface area contributed by atoms with E-state index in [4.69, 9.17) is 10.1 Å². The number of halogens is 1. The molecule has 4 rings (SSSR count). The van der Waals surface area contributed by atoms with E-state index in [9.17, 15) is 29.9 Å². The van der Waals surface area contributed by atoms with Crippen LogP contribution in [-0.4, -0.2) is 38.5 Å². The molecule has 1 heterocycles. The molecular weight excluding hydrogens is 509 g/mol. The molecule has 2 aromatic carbocycles. The third kappa shape index (κ3) is 6.10. The zero-order valence-corrected chi connectivity index (χ0v) is 22.4. The Labute approximate surface area is 232 Å².